The average molecular weight is 858 g/mol. The third kappa shape index (κ3) is 7.57. The minimum Gasteiger partial charge on any atom is -0.309 e. The van der Waals surface area contributed by atoms with Gasteiger partial charge < -0.3 is 4.90 Å². The molecule has 0 saturated heterocycles. The molecule has 67 heavy (non-hydrogen) atoms. The van der Waals surface area contributed by atoms with Gasteiger partial charge in [0.2, 0.25) is 0 Å². The SMILES string of the molecule is c1ccc(-c2ccc(-c3ccc(N(c4ccccc4-c4cccc5c4ccc4ccccc45)c4ccccc4-c4cccc5cccc(C6CCCCC6)c45)cc3)cc2-c2ccccc2)cc1. The third-order valence-corrected chi connectivity index (χ3v) is 14.3. The lowest BCUT2D eigenvalue weighted by Crippen LogP contribution is -2.12. The van der Waals surface area contributed by atoms with Crippen LogP contribution in [0.5, 0.6) is 0 Å². The van der Waals surface area contributed by atoms with E-state index in [1.54, 1.807) is 0 Å². The van der Waals surface area contributed by atoms with Crippen molar-refractivity contribution < 1.29 is 0 Å². The number of anilines is 3. The summed E-state index contributed by atoms with van der Waals surface area (Å²) in [5.41, 5.74) is 17.0. The summed E-state index contributed by atoms with van der Waals surface area (Å²) < 4.78 is 0. The maximum absolute atomic E-state index is 2.52. The summed E-state index contributed by atoms with van der Waals surface area (Å²) >= 11 is 0. The molecule has 1 saturated carbocycles. The van der Waals surface area contributed by atoms with Gasteiger partial charge in [0.05, 0.1) is 11.4 Å². The molecule has 0 spiro atoms. The highest BCUT2D eigenvalue weighted by Crippen LogP contribution is 2.49. The Kier molecular flexibility index (Phi) is 10.7. The summed E-state index contributed by atoms with van der Waals surface area (Å²) in [5, 5.41) is 7.74. The van der Waals surface area contributed by atoms with Crippen LogP contribution in [0.2, 0.25) is 0 Å². The van der Waals surface area contributed by atoms with E-state index in [4.69, 9.17) is 0 Å². The van der Waals surface area contributed by atoms with Crippen LogP contribution in [0.15, 0.2) is 243 Å². The van der Waals surface area contributed by atoms with Crippen molar-refractivity contribution in [2.45, 2.75) is 38.0 Å². The zero-order valence-electron chi connectivity index (χ0n) is 37.7. The van der Waals surface area contributed by atoms with Gasteiger partial charge in [-0.2, -0.15) is 0 Å². The summed E-state index contributed by atoms with van der Waals surface area (Å²) in [5.74, 6) is 0.571. The van der Waals surface area contributed by atoms with E-state index in [2.05, 4.69) is 248 Å². The molecule has 1 nitrogen and oxygen atoms in total. The second kappa shape index (κ2) is 17.8. The molecule has 320 valence electrons. The molecule has 1 aliphatic rings. The Labute approximate surface area is 394 Å². The predicted molar refractivity (Wildman–Crippen MR) is 287 cm³/mol. The Morgan fingerprint density at radius 1 is 0.299 bits per heavy atom. The molecule has 0 bridgehead atoms. The molecule has 1 fully saturated rings. The Morgan fingerprint density at radius 2 is 0.851 bits per heavy atom. The first kappa shape index (κ1) is 40.5. The fraction of sp³-hybridized carbons (Fsp3) is 0.0909. The third-order valence-electron chi connectivity index (χ3n) is 14.3. The van der Waals surface area contributed by atoms with Gasteiger partial charge in [0, 0.05) is 16.8 Å². The number of hydrogen-bond acceptors (Lipinski definition) is 1. The van der Waals surface area contributed by atoms with Crippen molar-refractivity contribution in [1.29, 1.82) is 0 Å². The van der Waals surface area contributed by atoms with Crippen molar-refractivity contribution in [2.75, 3.05) is 4.90 Å². The molecule has 0 heterocycles. The highest BCUT2D eigenvalue weighted by Gasteiger charge is 2.25. The highest BCUT2D eigenvalue weighted by molar-refractivity contribution is 6.13. The maximum Gasteiger partial charge on any atom is 0.0540 e. The molecule has 11 aromatic rings. The predicted octanol–water partition coefficient (Wildman–Crippen LogP) is 19.0. The molecule has 12 rings (SSSR count). The standard InChI is InChI=1S/C66H51N/c1-4-19-47(20-5-1)55-43-40-52(45-63(55)49-23-8-3-9-24-49)46-37-41-53(42-38-46)67(64-35-14-12-29-60(64)58-33-18-32-57-54-28-11-10-25-50(54)39-44-59(57)58)65-36-15-13-30-61(65)62-34-17-27-51-26-16-31-56(66(51)62)48-21-6-2-7-22-48/h1,3-5,8-20,23-45,48H,2,6-7,21-22H2. The highest BCUT2D eigenvalue weighted by atomic mass is 15.1. The van der Waals surface area contributed by atoms with Crippen molar-refractivity contribution in [3.05, 3.63) is 248 Å². The summed E-state index contributed by atoms with van der Waals surface area (Å²) in [4.78, 5) is 2.52. The second-order valence-corrected chi connectivity index (χ2v) is 18.2. The van der Waals surface area contributed by atoms with E-state index in [1.165, 1.54) is 126 Å². The summed E-state index contributed by atoms with van der Waals surface area (Å²) in [6, 6.07) is 89.9. The number of para-hydroxylation sites is 2. The molecule has 0 aromatic heterocycles. The number of hydrogen-bond donors (Lipinski definition) is 0. The van der Waals surface area contributed by atoms with Gasteiger partial charge in [-0.15, -0.1) is 0 Å². The number of rotatable bonds is 9. The van der Waals surface area contributed by atoms with E-state index < -0.39 is 0 Å². The van der Waals surface area contributed by atoms with Gasteiger partial charge in [-0.3, -0.25) is 0 Å². The normalized spacial score (nSPS) is 13.0. The fourth-order valence-electron chi connectivity index (χ4n) is 11.1. The molecule has 0 radical (unpaired) electrons. The lowest BCUT2D eigenvalue weighted by atomic mass is 9.80. The van der Waals surface area contributed by atoms with Crippen molar-refractivity contribution in [3.8, 4) is 55.6 Å². The minimum absolute atomic E-state index is 0.571. The average Bonchev–Trinajstić information content (AvgIpc) is 3.41. The van der Waals surface area contributed by atoms with E-state index in [9.17, 15) is 0 Å². The lowest BCUT2D eigenvalue weighted by Gasteiger charge is -2.31. The van der Waals surface area contributed by atoms with Crippen molar-refractivity contribution in [1.82, 2.24) is 0 Å². The van der Waals surface area contributed by atoms with Crippen LogP contribution in [0.4, 0.5) is 17.1 Å². The summed E-state index contributed by atoms with van der Waals surface area (Å²) in [7, 11) is 0. The van der Waals surface area contributed by atoms with E-state index >= 15 is 0 Å². The molecule has 0 amide bonds. The van der Waals surface area contributed by atoms with E-state index in [0.717, 1.165) is 17.1 Å². The van der Waals surface area contributed by atoms with Gasteiger partial charge in [-0.25, -0.2) is 0 Å². The maximum atomic E-state index is 2.52. The van der Waals surface area contributed by atoms with Crippen molar-refractivity contribution in [2.24, 2.45) is 0 Å². The van der Waals surface area contributed by atoms with Gasteiger partial charge >= 0.3 is 0 Å². The van der Waals surface area contributed by atoms with Gasteiger partial charge in [-0.05, 0) is 131 Å². The van der Waals surface area contributed by atoms with Crippen LogP contribution < -0.4 is 4.90 Å². The van der Waals surface area contributed by atoms with Crippen molar-refractivity contribution in [3.63, 3.8) is 0 Å². The van der Waals surface area contributed by atoms with Gasteiger partial charge in [0.1, 0.15) is 0 Å². The van der Waals surface area contributed by atoms with Crippen LogP contribution in [0.1, 0.15) is 43.6 Å². The van der Waals surface area contributed by atoms with Gasteiger partial charge in [0.25, 0.3) is 0 Å². The first-order valence-electron chi connectivity index (χ1n) is 24.0. The van der Waals surface area contributed by atoms with Crippen LogP contribution in [-0.4, -0.2) is 0 Å². The zero-order chi connectivity index (χ0) is 44.5. The number of benzene rings is 11. The first-order valence-corrected chi connectivity index (χ1v) is 24.0. The smallest absolute Gasteiger partial charge is 0.0540 e. The van der Waals surface area contributed by atoms with E-state index in [-0.39, 0.29) is 0 Å². The van der Waals surface area contributed by atoms with Crippen LogP contribution in [0.3, 0.4) is 0 Å². The van der Waals surface area contributed by atoms with E-state index in [1.807, 2.05) is 0 Å². The van der Waals surface area contributed by atoms with Crippen LogP contribution in [-0.2, 0) is 0 Å². The molecular weight excluding hydrogens is 807 g/mol. The molecule has 11 aromatic carbocycles. The molecule has 1 aliphatic carbocycles. The minimum atomic E-state index is 0.571. The molecule has 1 heteroatoms. The monoisotopic (exact) mass is 857 g/mol. The summed E-state index contributed by atoms with van der Waals surface area (Å²) in [6.45, 7) is 0. The zero-order valence-corrected chi connectivity index (χ0v) is 37.7. The van der Waals surface area contributed by atoms with Crippen LogP contribution in [0, 0.1) is 0 Å². The van der Waals surface area contributed by atoms with Gasteiger partial charge in [0.15, 0.2) is 0 Å². The quantitative estimate of drug-likeness (QED) is 0.131. The Balaban J connectivity index is 1.05. The van der Waals surface area contributed by atoms with Crippen LogP contribution >= 0.6 is 0 Å². The molecule has 0 aliphatic heterocycles. The number of nitrogens with zero attached hydrogens (tertiary/aromatic N) is 1. The Morgan fingerprint density at radius 3 is 1.60 bits per heavy atom. The van der Waals surface area contributed by atoms with Gasteiger partial charge in [-0.1, -0.05) is 232 Å². The fourth-order valence-corrected chi connectivity index (χ4v) is 11.1. The second-order valence-electron chi connectivity index (χ2n) is 18.2. The summed E-state index contributed by atoms with van der Waals surface area (Å²) in [6.07, 6.45) is 6.44. The number of fused-ring (bicyclic) bond motifs is 4. The topological polar surface area (TPSA) is 3.24 Å². The van der Waals surface area contributed by atoms with Crippen LogP contribution in [0.25, 0.3) is 88.0 Å². The Bertz CT molecular complexity index is 3540. The molecule has 0 atom stereocenters. The van der Waals surface area contributed by atoms with E-state index in [0.29, 0.717) is 5.92 Å². The van der Waals surface area contributed by atoms with Crippen molar-refractivity contribution >= 4 is 49.4 Å². The first-order chi connectivity index (χ1) is 33.3. The lowest BCUT2D eigenvalue weighted by molar-refractivity contribution is 0.445. The molecule has 0 unspecified atom stereocenters. The Hall–Kier alpha value is -8.00. The largest absolute Gasteiger partial charge is 0.309 e. The molecular formula is C66H51N. The molecule has 0 N–H and O–H groups in total.